The number of aliphatic carboxylic acids is 1. The summed E-state index contributed by atoms with van der Waals surface area (Å²) in [5.41, 5.74) is 3.40. The molecular formula is C23H28N2O3. The monoisotopic (exact) mass is 380 g/mol. The highest BCUT2D eigenvalue weighted by atomic mass is 16.6. The molecule has 1 fully saturated rings. The van der Waals surface area contributed by atoms with Crippen LogP contribution in [0.1, 0.15) is 24.0 Å². The van der Waals surface area contributed by atoms with Gasteiger partial charge in [-0.15, -0.1) is 0 Å². The van der Waals surface area contributed by atoms with E-state index in [1.165, 1.54) is 11.1 Å². The van der Waals surface area contributed by atoms with Crippen LogP contribution in [0.5, 0.6) is 0 Å². The number of oxime groups is 1. The fourth-order valence-corrected chi connectivity index (χ4v) is 3.56. The Balaban J connectivity index is 1.55. The zero-order valence-corrected chi connectivity index (χ0v) is 16.2. The summed E-state index contributed by atoms with van der Waals surface area (Å²) >= 11 is 0. The Hall–Kier alpha value is -2.66. The van der Waals surface area contributed by atoms with Gasteiger partial charge in [-0.3, -0.25) is 9.69 Å². The van der Waals surface area contributed by atoms with E-state index in [1.807, 2.05) is 36.4 Å². The van der Waals surface area contributed by atoms with Crippen LogP contribution in [0.25, 0.3) is 0 Å². The number of benzene rings is 2. The van der Waals surface area contributed by atoms with Crippen molar-refractivity contribution in [2.24, 2.45) is 11.1 Å². The molecule has 2 aromatic carbocycles. The second kappa shape index (κ2) is 10.6. The number of piperidine rings is 1. The van der Waals surface area contributed by atoms with Gasteiger partial charge in [-0.05, 0) is 30.5 Å². The summed E-state index contributed by atoms with van der Waals surface area (Å²) < 4.78 is 0. The zero-order valence-electron chi connectivity index (χ0n) is 16.2. The fourth-order valence-electron chi connectivity index (χ4n) is 3.56. The van der Waals surface area contributed by atoms with E-state index in [4.69, 9.17) is 4.84 Å². The van der Waals surface area contributed by atoms with Gasteiger partial charge in [0.05, 0.1) is 11.6 Å². The molecule has 1 unspecified atom stereocenters. The van der Waals surface area contributed by atoms with Crippen LogP contribution in [0.2, 0.25) is 0 Å². The first-order valence-electron chi connectivity index (χ1n) is 9.91. The van der Waals surface area contributed by atoms with Crippen molar-refractivity contribution in [2.75, 3.05) is 26.2 Å². The fraction of sp³-hybridized carbons (Fsp3) is 0.391. The lowest BCUT2D eigenvalue weighted by Gasteiger charge is -2.29. The van der Waals surface area contributed by atoms with Crippen LogP contribution in [0.15, 0.2) is 65.8 Å². The van der Waals surface area contributed by atoms with Gasteiger partial charge in [0.15, 0.2) is 0 Å². The summed E-state index contributed by atoms with van der Waals surface area (Å²) in [5, 5.41) is 13.6. The predicted octanol–water partition coefficient (Wildman–Crippen LogP) is 3.64. The molecule has 28 heavy (non-hydrogen) atoms. The van der Waals surface area contributed by atoms with Crippen LogP contribution in [-0.4, -0.2) is 47.9 Å². The van der Waals surface area contributed by atoms with Gasteiger partial charge in [0.25, 0.3) is 0 Å². The minimum absolute atomic E-state index is 0.260. The van der Waals surface area contributed by atoms with Crippen molar-refractivity contribution >= 4 is 11.7 Å². The van der Waals surface area contributed by atoms with E-state index in [0.717, 1.165) is 37.9 Å². The van der Waals surface area contributed by atoms with Gasteiger partial charge >= 0.3 is 5.97 Å². The molecule has 1 aliphatic heterocycles. The van der Waals surface area contributed by atoms with Crippen molar-refractivity contribution < 1.29 is 14.7 Å². The molecule has 0 radical (unpaired) electrons. The summed E-state index contributed by atoms with van der Waals surface area (Å²) in [4.78, 5) is 19.0. The van der Waals surface area contributed by atoms with Crippen molar-refractivity contribution in [3.05, 3.63) is 71.8 Å². The Morgan fingerprint density at radius 2 is 1.64 bits per heavy atom. The van der Waals surface area contributed by atoms with E-state index in [0.29, 0.717) is 19.7 Å². The van der Waals surface area contributed by atoms with Crippen LogP contribution in [0.4, 0.5) is 0 Å². The molecule has 2 aromatic rings. The highest BCUT2D eigenvalue weighted by Gasteiger charge is 2.24. The number of likely N-dealkylation sites (tertiary alicyclic amines) is 1. The van der Waals surface area contributed by atoms with Gasteiger partial charge in [-0.25, -0.2) is 0 Å². The molecule has 0 saturated carbocycles. The first-order valence-corrected chi connectivity index (χ1v) is 9.91. The number of hydrogen-bond donors (Lipinski definition) is 1. The normalized spacial score (nSPS) is 17.1. The zero-order chi connectivity index (χ0) is 19.6. The van der Waals surface area contributed by atoms with Crippen molar-refractivity contribution in [3.63, 3.8) is 0 Å². The van der Waals surface area contributed by atoms with Crippen molar-refractivity contribution in [1.29, 1.82) is 0 Å². The highest BCUT2D eigenvalue weighted by molar-refractivity contribution is 5.88. The summed E-state index contributed by atoms with van der Waals surface area (Å²) in [7, 11) is 0. The van der Waals surface area contributed by atoms with Gasteiger partial charge in [0, 0.05) is 25.9 Å². The van der Waals surface area contributed by atoms with Crippen molar-refractivity contribution in [3.8, 4) is 0 Å². The van der Waals surface area contributed by atoms with E-state index in [2.05, 4.69) is 34.3 Å². The van der Waals surface area contributed by atoms with Gasteiger partial charge < -0.3 is 9.94 Å². The molecule has 1 aliphatic rings. The molecule has 1 N–H and O–H groups in total. The molecule has 0 spiro atoms. The van der Waals surface area contributed by atoms with Crippen LogP contribution >= 0.6 is 0 Å². The maximum atomic E-state index is 11.2. The van der Waals surface area contributed by atoms with E-state index < -0.39 is 5.97 Å². The predicted molar refractivity (Wildman–Crippen MR) is 110 cm³/mol. The molecule has 0 amide bonds. The van der Waals surface area contributed by atoms with Crippen molar-refractivity contribution in [2.45, 2.75) is 25.7 Å². The van der Waals surface area contributed by atoms with Gasteiger partial charge in [0.2, 0.25) is 0 Å². The molecule has 0 bridgehead atoms. The quantitative estimate of drug-likeness (QED) is 0.410. The average molecular weight is 380 g/mol. The molecule has 5 heteroatoms. The number of carboxylic acid groups (broad SMARTS) is 1. The van der Waals surface area contributed by atoms with E-state index in [1.54, 1.807) is 0 Å². The van der Waals surface area contributed by atoms with Crippen LogP contribution in [0.3, 0.4) is 0 Å². The number of carbonyl (C=O) groups is 1. The number of carboxylic acids is 1. The Kier molecular flexibility index (Phi) is 7.62. The Labute approximate surface area is 166 Å². The lowest BCUT2D eigenvalue weighted by Crippen LogP contribution is -2.40. The molecule has 1 heterocycles. The number of hydrogen-bond acceptors (Lipinski definition) is 4. The molecule has 5 nitrogen and oxygen atoms in total. The lowest BCUT2D eigenvalue weighted by atomic mass is 9.98. The molecule has 1 atom stereocenters. The smallest absolute Gasteiger partial charge is 0.307 e. The topological polar surface area (TPSA) is 62.1 Å². The van der Waals surface area contributed by atoms with Crippen LogP contribution in [-0.2, 0) is 22.5 Å². The Morgan fingerprint density at radius 3 is 2.21 bits per heavy atom. The number of rotatable bonds is 9. The summed E-state index contributed by atoms with van der Waals surface area (Å²) in [6.45, 7) is 2.71. The van der Waals surface area contributed by atoms with Gasteiger partial charge in [-0.2, -0.15) is 0 Å². The van der Waals surface area contributed by atoms with Gasteiger partial charge in [0.1, 0.15) is 6.61 Å². The molecule has 0 aliphatic carbocycles. The lowest BCUT2D eigenvalue weighted by molar-refractivity contribution is -0.143. The van der Waals surface area contributed by atoms with Crippen molar-refractivity contribution in [1.82, 2.24) is 4.90 Å². The third-order valence-electron chi connectivity index (χ3n) is 5.05. The summed E-state index contributed by atoms with van der Waals surface area (Å²) in [6, 6.07) is 20.5. The van der Waals surface area contributed by atoms with Crippen LogP contribution < -0.4 is 0 Å². The first kappa shape index (κ1) is 20.1. The highest BCUT2D eigenvalue weighted by Crippen LogP contribution is 2.16. The Bertz CT molecular complexity index is 718. The summed E-state index contributed by atoms with van der Waals surface area (Å²) in [6.07, 6.45) is 3.19. The van der Waals surface area contributed by atoms with Gasteiger partial charge in [-0.1, -0.05) is 65.8 Å². The maximum absolute atomic E-state index is 11.2. The molecule has 3 rings (SSSR count). The average Bonchev–Trinajstić information content (AvgIpc) is 2.73. The third-order valence-corrected chi connectivity index (χ3v) is 5.05. The first-order chi connectivity index (χ1) is 13.7. The maximum Gasteiger partial charge on any atom is 0.307 e. The standard InChI is InChI=1S/C23H28N2O3/c26-23(27)21-12-7-13-25(18-21)14-15-28-24-22(16-19-8-3-1-4-9-19)17-20-10-5-2-6-11-20/h1-6,8-11,21H,7,12-18H2,(H,26,27). The second-order valence-electron chi connectivity index (χ2n) is 7.29. The third kappa shape index (κ3) is 6.50. The van der Waals surface area contributed by atoms with E-state index >= 15 is 0 Å². The largest absolute Gasteiger partial charge is 0.481 e. The van der Waals surface area contributed by atoms with E-state index in [9.17, 15) is 9.90 Å². The molecule has 148 valence electrons. The Morgan fingerprint density at radius 1 is 1.04 bits per heavy atom. The minimum Gasteiger partial charge on any atom is -0.481 e. The summed E-state index contributed by atoms with van der Waals surface area (Å²) in [5.74, 6) is -0.958. The molecule has 1 saturated heterocycles. The SMILES string of the molecule is O=C(O)C1CCCN(CCON=C(Cc2ccccc2)Cc2ccccc2)C1. The van der Waals surface area contributed by atoms with E-state index in [-0.39, 0.29) is 5.92 Å². The molecular weight excluding hydrogens is 352 g/mol. The second-order valence-corrected chi connectivity index (χ2v) is 7.29. The number of nitrogens with zero attached hydrogens (tertiary/aromatic N) is 2. The minimum atomic E-state index is -0.698. The van der Waals surface area contributed by atoms with Crippen LogP contribution in [0, 0.1) is 5.92 Å². The molecule has 0 aromatic heterocycles.